The predicted molar refractivity (Wildman–Crippen MR) is 72.2 cm³/mol. The molecule has 0 aliphatic heterocycles. The molecule has 0 aromatic carbocycles. The van der Waals surface area contributed by atoms with Crippen LogP contribution in [-0.2, 0) is 6.54 Å². The van der Waals surface area contributed by atoms with Gasteiger partial charge in [0.15, 0.2) is 0 Å². The van der Waals surface area contributed by atoms with Crippen LogP contribution in [0.1, 0.15) is 50.5 Å². The third-order valence-corrected chi connectivity index (χ3v) is 3.81. The molecule has 0 atom stereocenters. The quantitative estimate of drug-likeness (QED) is 0.873. The van der Waals surface area contributed by atoms with Crippen molar-refractivity contribution in [2.75, 3.05) is 6.54 Å². The smallest absolute Gasteiger partial charge is 0.133 e. The fourth-order valence-corrected chi connectivity index (χ4v) is 2.85. The third kappa shape index (κ3) is 3.56. The standard InChI is InChI=1S/C14H25N3O/c1-3-8-17(10-13-9-11(2)18-16-13)14-6-4-12(15)5-7-14/h9,12,14H,3-8,10,15H2,1-2H3. The average molecular weight is 251 g/mol. The molecular formula is C14H25N3O. The van der Waals surface area contributed by atoms with Crippen LogP contribution in [0.5, 0.6) is 0 Å². The van der Waals surface area contributed by atoms with Crippen LogP contribution in [0.25, 0.3) is 0 Å². The highest BCUT2D eigenvalue weighted by Crippen LogP contribution is 2.23. The van der Waals surface area contributed by atoms with Crippen molar-refractivity contribution in [1.29, 1.82) is 0 Å². The highest BCUT2D eigenvalue weighted by Gasteiger charge is 2.24. The van der Waals surface area contributed by atoms with Crippen molar-refractivity contribution in [3.05, 3.63) is 17.5 Å². The number of nitrogens with two attached hydrogens (primary N) is 1. The molecule has 102 valence electrons. The Morgan fingerprint density at radius 2 is 2.11 bits per heavy atom. The lowest BCUT2D eigenvalue weighted by Gasteiger charge is -2.35. The molecule has 2 rings (SSSR count). The molecule has 0 unspecified atom stereocenters. The maximum Gasteiger partial charge on any atom is 0.133 e. The van der Waals surface area contributed by atoms with Gasteiger partial charge in [-0.3, -0.25) is 4.90 Å². The van der Waals surface area contributed by atoms with Crippen molar-refractivity contribution in [1.82, 2.24) is 10.1 Å². The van der Waals surface area contributed by atoms with Crippen LogP contribution in [0, 0.1) is 6.92 Å². The summed E-state index contributed by atoms with van der Waals surface area (Å²) in [7, 11) is 0. The van der Waals surface area contributed by atoms with Crippen molar-refractivity contribution in [3.63, 3.8) is 0 Å². The maximum atomic E-state index is 5.98. The van der Waals surface area contributed by atoms with Gasteiger partial charge in [-0.05, 0) is 45.6 Å². The van der Waals surface area contributed by atoms with Crippen LogP contribution < -0.4 is 5.73 Å². The van der Waals surface area contributed by atoms with E-state index in [-0.39, 0.29) is 0 Å². The Balaban J connectivity index is 1.94. The maximum absolute atomic E-state index is 5.98. The molecule has 4 nitrogen and oxygen atoms in total. The van der Waals surface area contributed by atoms with Gasteiger partial charge in [0.25, 0.3) is 0 Å². The summed E-state index contributed by atoms with van der Waals surface area (Å²) < 4.78 is 5.15. The van der Waals surface area contributed by atoms with Gasteiger partial charge in [-0.15, -0.1) is 0 Å². The molecular weight excluding hydrogens is 226 g/mol. The lowest BCUT2D eigenvalue weighted by Crippen LogP contribution is -2.40. The number of hydrogen-bond donors (Lipinski definition) is 1. The van der Waals surface area contributed by atoms with Gasteiger partial charge in [0.1, 0.15) is 5.76 Å². The summed E-state index contributed by atoms with van der Waals surface area (Å²) in [5.74, 6) is 0.895. The van der Waals surface area contributed by atoms with E-state index in [1.54, 1.807) is 0 Å². The molecule has 1 aliphatic rings. The van der Waals surface area contributed by atoms with Gasteiger partial charge >= 0.3 is 0 Å². The van der Waals surface area contributed by atoms with Gasteiger partial charge in [0.2, 0.25) is 0 Å². The normalized spacial score (nSPS) is 24.7. The Morgan fingerprint density at radius 1 is 1.39 bits per heavy atom. The van der Waals surface area contributed by atoms with Gasteiger partial charge in [0, 0.05) is 24.7 Å². The SMILES string of the molecule is CCCN(Cc1cc(C)on1)C1CCC(N)CC1. The average Bonchev–Trinajstić information content (AvgIpc) is 2.75. The second-order valence-electron chi connectivity index (χ2n) is 5.47. The first-order valence-electron chi connectivity index (χ1n) is 7.11. The number of aryl methyl sites for hydroxylation is 1. The van der Waals surface area contributed by atoms with E-state index in [1.165, 1.54) is 19.3 Å². The second-order valence-corrected chi connectivity index (χ2v) is 5.47. The number of aromatic nitrogens is 1. The Kier molecular flexibility index (Phi) is 4.78. The molecule has 0 saturated heterocycles. The minimum Gasteiger partial charge on any atom is -0.361 e. The summed E-state index contributed by atoms with van der Waals surface area (Å²) in [6, 6.07) is 3.12. The van der Waals surface area contributed by atoms with E-state index >= 15 is 0 Å². The molecule has 0 radical (unpaired) electrons. The van der Waals surface area contributed by atoms with Crippen LogP contribution in [0.3, 0.4) is 0 Å². The molecule has 0 amide bonds. The van der Waals surface area contributed by atoms with Crippen molar-refractivity contribution in [3.8, 4) is 0 Å². The van der Waals surface area contributed by atoms with E-state index in [9.17, 15) is 0 Å². The van der Waals surface area contributed by atoms with Gasteiger partial charge < -0.3 is 10.3 Å². The minimum atomic E-state index is 0.416. The van der Waals surface area contributed by atoms with Gasteiger partial charge in [-0.2, -0.15) is 0 Å². The Labute approximate surface area is 110 Å². The van der Waals surface area contributed by atoms with E-state index in [0.717, 1.165) is 37.4 Å². The first-order valence-corrected chi connectivity index (χ1v) is 7.11. The zero-order valence-corrected chi connectivity index (χ0v) is 11.6. The van der Waals surface area contributed by atoms with E-state index in [4.69, 9.17) is 10.3 Å². The highest BCUT2D eigenvalue weighted by atomic mass is 16.5. The fourth-order valence-electron chi connectivity index (χ4n) is 2.85. The van der Waals surface area contributed by atoms with E-state index < -0.39 is 0 Å². The van der Waals surface area contributed by atoms with Crippen molar-refractivity contribution in [2.45, 2.75) is 64.6 Å². The Morgan fingerprint density at radius 3 is 2.67 bits per heavy atom. The second kappa shape index (κ2) is 6.34. The molecule has 1 saturated carbocycles. The Bertz CT molecular complexity index is 356. The topological polar surface area (TPSA) is 55.3 Å². The zero-order valence-electron chi connectivity index (χ0n) is 11.6. The summed E-state index contributed by atoms with van der Waals surface area (Å²) in [6.45, 7) is 6.22. The summed E-state index contributed by atoms with van der Waals surface area (Å²) >= 11 is 0. The number of nitrogens with zero attached hydrogens (tertiary/aromatic N) is 2. The van der Waals surface area contributed by atoms with Crippen molar-refractivity contribution < 1.29 is 4.52 Å². The predicted octanol–water partition coefficient (Wildman–Crippen LogP) is 2.46. The molecule has 2 N–H and O–H groups in total. The monoisotopic (exact) mass is 251 g/mol. The molecule has 18 heavy (non-hydrogen) atoms. The molecule has 1 aromatic rings. The molecule has 0 bridgehead atoms. The van der Waals surface area contributed by atoms with Crippen molar-refractivity contribution in [2.24, 2.45) is 5.73 Å². The fraction of sp³-hybridized carbons (Fsp3) is 0.786. The first-order chi connectivity index (χ1) is 8.69. The van der Waals surface area contributed by atoms with Crippen LogP contribution in [-0.4, -0.2) is 28.7 Å². The molecule has 1 aliphatic carbocycles. The number of hydrogen-bond acceptors (Lipinski definition) is 4. The summed E-state index contributed by atoms with van der Waals surface area (Å²) in [5, 5.41) is 4.11. The largest absolute Gasteiger partial charge is 0.361 e. The zero-order chi connectivity index (χ0) is 13.0. The van der Waals surface area contributed by atoms with E-state index in [0.29, 0.717) is 12.1 Å². The summed E-state index contributed by atoms with van der Waals surface area (Å²) in [6.07, 6.45) is 5.93. The van der Waals surface area contributed by atoms with Crippen LogP contribution >= 0.6 is 0 Å². The molecule has 0 spiro atoms. The van der Waals surface area contributed by atoms with E-state index in [2.05, 4.69) is 17.0 Å². The molecule has 4 heteroatoms. The van der Waals surface area contributed by atoms with Crippen molar-refractivity contribution >= 4 is 0 Å². The van der Waals surface area contributed by atoms with Crippen LogP contribution in [0.4, 0.5) is 0 Å². The van der Waals surface area contributed by atoms with Gasteiger partial charge in [-0.25, -0.2) is 0 Å². The first kappa shape index (κ1) is 13.6. The lowest BCUT2D eigenvalue weighted by atomic mass is 9.90. The summed E-state index contributed by atoms with van der Waals surface area (Å²) in [4.78, 5) is 2.54. The molecule has 1 heterocycles. The molecule has 1 fully saturated rings. The third-order valence-electron chi connectivity index (χ3n) is 3.81. The van der Waals surface area contributed by atoms with Crippen LogP contribution in [0.2, 0.25) is 0 Å². The number of rotatable bonds is 5. The lowest BCUT2D eigenvalue weighted by molar-refractivity contribution is 0.139. The summed E-state index contributed by atoms with van der Waals surface area (Å²) in [5.41, 5.74) is 7.03. The Hall–Kier alpha value is -0.870. The van der Waals surface area contributed by atoms with Gasteiger partial charge in [0.05, 0.1) is 5.69 Å². The van der Waals surface area contributed by atoms with E-state index in [1.807, 2.05) is 13.0 Å². The minimum absolute atomic E-state index is 0.416. The highest BCUT2D eigenvalue weighted by molar-refractivity contribution is 5.03. The molecule has 1 aromatic heterocycles. The van der Waals surface area contributed by atoms with Gasteiger partial charge in [-0.1, -0.05) is 12.1 Å². The van der Waals surface area contributed by atoms with Crippen LogP contribution in [0.15, 0.2) is 10.6 Å².